The molecule has 0 saturated carbocycles. The highest BCUT2D eigenvalue weighted by Gasteiger charge is 2.29. The fourth-order valence-corrected chi connectivity index (χ4v) is 4.48. The van der Waals surface area contributed by atoms with E-state index in [2.05, 4.69) is 16.6 Å². The molecule has 31 heavy (non-hydrogen) atoms. The van der Waals surface area contributed by atoms with E-state index in [-0.39, 0.29) is 12.1 Å². The number of fused-ring (bicyclic) bond motifs is 2. The van der Waals surface area contributed by atoms with Crippen molar-refractivity contribution in [3.63, 3.8) is 0 Å². The van der Waals surface area contributed by atoms with E-state index in [0.29, 0.717) is 11.5 Å². The van der Waals surface area contributed by atoms with Crippen LogP contribution in [-0.4, -0.2) is 20.9 Å². The Morgan fingerprint density at radius 3 is 2.26 bits per heavy atom. The van der Waals surface area contributed by atoms with Gasteiger partial charge < -0.3 is 10.1 Å². The first-order valence-corrected chi connectivity index (χ1v) is 11.0. The first-order valence-electron chi connectivity index (χ1n) is 9.47. The zero-order valence-electron chi connectivity index (χ0n) is 16.3. The van der Waals surface area contributed by atoms with Gasteiger partial charge in [0.2, 0.25) is 10.0 Å². The Morgan fingerprint density at radius 1 is 1.03 bits per heavy atom. The van der Waals surface area contributed by atoms with Gasteiger partial charge >= 0.3 is 0 Å². The summed E-state index contributed by atoms with van der Waals surface area (Å²) in [7, 11) is -4.14. The Morgan fingerprint density at radius 2 is 1.65 bits per heavy atom. The number of rotatable bonds is 6. The zero-order valence-corrected chi connectivity index (χ0v) is 17.2. The second-order valence-electron chi connectivity index (χ2n) is 6.87. The molecule has 0 aliphatic carbocycles. The van der Waals surface area contributed by atoms with E-state index in [0.717, 1.165) is 23.3 Å². The summed E-state index contributed by atoms with van der Waals surface area (Å²) in [4.78, 5) is 12.4. The van der Waals surface area contributed by atoms with Crippen molar-refractivity contribution in [3.8, 4) is 11.5 Å². The Labute approximate surface area is 179 Å². The third kappa shape index (κ3) is 4.08. The molecular weight excluding hydrogens is 419 g/mol. The van der Waals surface area contributed by atoms with Crippen LogP contribution in [0.25, 0.3) is 0 Å². The van der Waals surface area contributed by atoms with Gasteiger partial charge in [-0.1, -0.05) is 42.5 Å². The molecule has 0 atom stereocenters. The lowest BCUT2D eigenvalue weighted by atomic mass is 9.94. The molecule has 1 heterocycles. The third-order valence-corrected chi connectivity index (χ3v) is 6.29. The summed E-state index contributed by atoms with van der Waals surface area (Å²) in [6.07, 6.45) is 1.34. The molecule has 1 aliphatic heterocycles. The summed E-state index contributed by atoms with van der Waals surface area (Å²) >= 11 is 0. The number of ether oxygens (including phenoxy) is 1. The number of carbonyl (C=O) groups excluding carboxylic acids is 1. The summed E-state index contributed by atoms with van der Waals surface area (Å²) in [6, 6.07) is 17.3. The van der Waals surface area contributed by atoms with E-state index in [1.807, 2.05) is 36.4 Å². The maximum atomic E-state index is 14.2. The molecular formula is C23H19FN2O4S. The first kappa shape index (κ1) is 20.8. The second kappa shape index (κ2) is 8.33. The van der Waals surface area contributed by atoms with Gasteiger partial charge in [-0.2, -0.15) is 0 Å². The van der Waals surface area contributed by atoms with Gasteiger partial charge in [0.15, 0.2) is 0 Å². The van der Waals surface area contributed by atoms with Gasteiger partial charge in [-0.05, 0) is 30.3 Å². The van der Waals surface area contributed by atoms with Gasteiger partial charge in [0.1, 0.15) is 22.2 Å². The van der Waals surface area contributed by atoms with Crippen LogP contribution in [0.2, 0.25) is 0 Å². The number of halogens is 1. The van der Waals surface area contributed by atoms with Crippen LogP contribution >= 0.6 is 0 Å². The van der Waals surface area contributed by atoms with E-state index in [4.69, 9.17) is 4.74 Å². The Bertz CT molecular complexity index is 1230. The standard InChI is InChI=1S/C23H19FN2O4S/c1-2-13-25-31(28,29)21-14-15(11-12-18(21)24)23(27)26-22-16-7-3-5-9-19(16)30-20-10-6-4-8-17(20)22/h2-12,14,22,25H,1,13H2,(H,26,27). The maximum absolute atomic E-state index is 14.2. The van der Waals surface area contributed by atoms with Gasteiger partial charge in [-0.25, -0.2) is 17.5 Å². The molecule has 1 aliphatic rings. The molecule has 0 radical (unpaired) electrons. The van der Waals surface area contributed by atoms with Crippen LogP contribution < -0.4 is 14.8 Å². The van der Waals surface area contributed by atoms with Crippen molar-refractivity contribution >= 4 is 15.9 Å². The van der Waals surface area contributed by atoms with Crippen molar-refractivity contribution < 1.29 is 22.3 Å². The van der Waals surface area contributed by atoms with Crippen LogP contribution in [0.3, 0.4) is 0 Å². The van der Waals surface area contributed by atoms with Crippen molar-refractivity contribution in [2.24, 2.45) is 0 Å². The number of para-hydroxylation sites is 2. The molecule has 3 aromatic carbocycles. The van der Waals surface area contributed by atoms with Crippen LogP contribution in [0.15, 0.2) is 84.3 Å². The van der Waals surface area contributed by atoms with E-state index in [1.165, 1.54) is 12.1 Å². The highest BCUT2D eigenvalue weighted by atomic mass is 32.2. The number of sulfonamides is 1. The number of hydrogen-bond donors (Lipinski definition) is 2. The van der Waals surface area contributed by atoms with Crippen molar-refractivity contribution in [3.05, 3.63) is 102 Å². The molecule has 0 fully saturated rings. The van der Waals surface area contributed by atoms with Gasteiger partial charge in [0.25, 0.3) is 5.91 Å². The fourth-order valence-electron chi connectivity index (χ4n) is 3.38. The maximum Gasteiger partial charge on any atom is 0.252 e. The first-order chi connectivity index (χ1) is 14.9. The van der Waals surface area contributed by atoms with Crippen LogP contribution in [0.1, 0.15) is 27.5 Å². The summed E-state index contributed by atoms with van der Waals surface area (Å²) in [6.45, 7) is 3.37. The van der Waals surface area contributed by atoms with E-state index >= 15 is 0 Å². The fraction of sp³-hybridized carbons (Fsp3) is 0.0870. The third-order valence-electron chi connectivity index (χ3n) is 4.86. The Hall–Kier alpha value is -3.49. The van der Waals surface area contributed by atoms with E-state index < -0.39 is 32.7 Å². The molecule has 6 nitrogen and oxygen atoms in total. The Kier molecular flexibility index (Phi) is 5.58. The number of carbonyl (C=O) groups is 1. The summed E-state index contributed by atoms with van der Waals surface area (Å²) in [5.41, 5.74) is 1.54. The average molecular weight is 438 g/mol. The normalized spacial score (nSPS) is 12.9. The van der Waals surface area contributed by atoms with Crippen LogP contribution in [0, 0.1) is 5.82 Å². The number of amides is 1. The highest BCUT2D eigenvalue weighted by molar-refractivity contribution is 7.89. The van der Waals surface area contributed by atoms with Gasteiger partial charge in [0.05, 0.1) is 6.04 Å². The minimum atomic E-state index is -4.14. The quantitative estimate of drug-likeness (QED) is 0.572. The largest absolute Gasteiger partial charge is 0.457 e. The second-order valence-corrected chi connectivity index (χ2v) is 8.61. The van der Waals surface area contributed by atoms with Gasteiger partial charge in [-0.3, -0.25) is 4.79 Å². The smallest absolute Gasteiger partial charge is 0.252 e. The summed E-state index contributed by atoms with van der Waals surface area (Å²) in [5.74, 6) is -0.267. The van der Waals surface area contributed by atoms with Crippen molar-refractivity contribution in [1.82, 2.24) is 10.0 Å². The molecule has 4 rings (SSSR count). The molecule has 158 valence electrons. The van der Waals surface area contributed by atoms with E-state index in [1.54, 1.807) is 12.1 Å². The Balaban J connectivity index is 1.68. The molecule has 0 spiro atoms. The number of nitrogens with one attached hydrogen (secondary N) is 2. The predicted octanol–water partition coefficient (Wildman–Crippen LogP) is 3.92. The molecule has 0 saturated heterocycles. The minimum absolute atomic E-state index is 0.0156. The molecule has 1 amide bonds. The molecule has 8 heteroatoms. The lowest BCUT2D eigenvalue weighted by molar-refractivity contribution is 0.0941. The van der Waals surface area contributed by atoms with Crippen molar-refractivity contribution in [2.45, 2.75) is 10.9 Å². The summed E-state index contributed by atoms with van der Waals surface area (Å²) in [5, 5.41) is 2.92. The number of hydrogen-bond acceptors (Lipinski definition) is 4. The lowest BCUT2D eigenvalue weighted by Crippen LogP contribution is -2.31. The zero-order chi connectivity index (χ0) is 22.0. The van der Waals surface area contributed by atoms with Crippen LogP contribution in [-0.2, 0) is 10.0 Å². The summed E-state index contributed by atoms with van der Waals surface area (Å²) < 4.78 is 47.1. The molecule has 3 aromatic rings. The monoisotopic (exact) mass is 438 g/mol. The topological polar surface area (TPSA) is 84.5 Å². The highest BCUT2D eigenvalue weighted by Crippen LogP contribution is 2.42. The van der Waals surface area contributed by atoms with Crippen molar-refractivity contribution in [2.75, 3.05) is 6.54 Å². The SMILES string of the molecule is C=CCNS(=O)(=O)c1cc(C(=O)NC2c3ccccc3Oc3ccccc32)ccc1F. The lowest BCUT2D eigenvalue weighted by Gasteiger charge is -2.28. The predicted molar refractivity (Wildman–Crippen MR) is 114 cm³/mol. The average Bonchev–Trinajstić information content (AvgIpc) is 2.77. The van der Waals surface area contributed by atoms with E-state index in [9.17, 15) is 17.6 Å². The van der Waals surface area contributed by atoms with Gasteiger partial charge in [-0.15, -0.1) is 6.58 Å². The molecule has 2 N–H and O–H groups in total. The van der Waals surface area contributed by atoms with Crippen molar-refractivity contribution in [1.29, 1.82) is 0 Å². The molecule has 0 aromatic heterocycles. The molecule has 0 unspecified atom stereocenters. The van der Waals surface area contributed by atoms with Gasteiger partial charge in [0, 0.05) is 23.2 Å². The van der Waals surface area contributed by atoms with Crippen LogP contribution in [0.4, 0.5) is 4.39 Å². The minimum Gasteiger partial charge on any atom is -0.457 e. The van der Waals surface area contributed by atoms with Crippen LogP contribution in [0.5, 0.6) is 11.5 Å². The molecule has 0 bridgehead atoms. The number of benzene rings is 3.